The quantitative estimate of drug-likeness (QED) is 0.387. The Balaban J connectivity index is 1.57. The maximum Gasteiger partial charge on any atom is 0.307 e. The summed E-state index contributed by atoms with van der Waals surface area (Å²) >= 11 is 0. The lowest BCUT2D eigenvalue weighted by Gasteiger charge is -2.15. The maximum atomic E-state index is 12.3. The second-order valence-electron chi connectivity index (χ2n) is 7.25. The molecule has 1 N–H and O–H groups in total. The molecule has 2 aromatic carbocycles. The van der Waals surface area contributed by atoms with Crippen LogP contribution in [0.4, 0.5) is 0 Å². The van der Waals surface area contributed by atoms with E-state index in [1.54, 1.807) is 12.3 Å². The van der Waals surface area contributed by atoms with E-state index < -0.39 is 0 Å². The number of para-hydroxylation sites is 2. The van der Waals surface area contributed by atoms with Gasteiger partial charge in [0, 0.05) is 22.3 Å². The van der Waals surface area contributed by atoms with Gasteiger partial charge in [0.15, 0.2) is 5.76 Å². The van der Waals surface area contributed by atoms with Crippen LogP contribution >= 0.6 is 0 Å². The molecule has 0 spiro atoms. The number of rotatable bonds is 4. The minimum absolute atomic E-state index is 0.240. The lowest BCUT2D eigenvalue weighted by atomic mass is 10.1. The van der Waals surface area contributed by atoms with Crippen molar-refractivity contribution in [2.75, 3.05) is 0 Å². The van der Waals surface area contributed by atoms with Gasteiger partial charge in [-0.05, 0) is 57.0 Å². The molecule has 0 fully saturated rings. The van der Waals surface area contributed by atoms with Crippen molar-refractivity contribution in [3.05, 3.63) is 88.4 Å². The first kappa shape index (κ1) is 18.7. The van der Waals surface area contributed by atoms with Crippen molar-refractivity contribution in [2.45, 2.75) is 27.7 Å². The zero-order valence-electron chi connectivity index (χ0n) is 17.0. The summed E-state index contributed by atoms with van der Waals surface area (Å²) in [5.41, 5.74) is 9.99. The topological polar surface area (TPSA) is 59.5 Å². The molecular weight excluding hydrogens is 362 g/mol. The summed E-state index contributed by atoms with van der Waals surface area (Å²) in [5, 5.41) is 5.03. The van der Waals surface area contributed by atoms with Gasteiger partial charge in [-0.3, -0.25) is 4.79 Å². The molecule has 1 amide bonds. The maximum absolute atomic E-state index is 12.3. The zero-order chi connectivity index (χ0) is 20.5. The van der Waals surface area contributed by atoms with Crippen LogP contribution in [0, 0.1) is 27.7 Å². The second-order valence-corrected chi connectivity index (χ2v) is 7.25. The molecule has 0 bridgehead atoms. The third-order valence-corrected chi connectivity index (χ3v) is 5.15. The average Bonchev–Trinajstić information content (AvgIpc) is 3.24. The number of benzene rings is 2. The van der Waals surface area contributed by atoms with E-state index in [2.05, 4.69) is 67.1 Å². The van der Waals surface area contributed by atoms with E-state index in [1.165, 1.54) is 16.8 Å². The minimum Gasteiger partial charge on any atom is -0.451 e. The zero-order valence-corrected chi connectivity index (χ0v) is 17.0. The standard InChI is InChI=1S/C24H23N3O2/c1-15-8-7-9-16(2)23(15)27-17(3)12-20(18(27)4)14-25-26-24(28)22-13-19-10-5-6-11-21(19)29-22/h5-14H,1-4H3,(H,26,28)/b25-14+. The molecule has 146 valence electrons. The Morgan fingerprint density at radius 1 is 1.00 bits per heavy atom. The van der Waals surface area contributed by atoms with Gasteiger partial charge in [-0.1, -0.05) is 36.4 Å². The Labute approximate surface area is 169 Å². The van der Waals surface area contributed by atoms with Gasteiger partial charge in [0.2, 0.25) is 0 Å². The van der Waals surface area contributed by atoms with Crippen LogP contribution in [-0.2, 0) is 0 Å². The molecule has 2 heterocycles. The highest BCUT2D eigenvalue weighted by atomic mass is 16.3. The van der Waals surface area contributed by atoms with E-state index in [4.69, 9.17) is 4.42 Å². The number of amides is 1. The van der Waals surface area contributed by atoms with Gasteiger partial charge < -0.3 is 8.98 Å². The minimum atomic E-state index is -0.374. The molecular formula is C24H23N3O2. The van der Waals surface area contributed by atoms with Crippen LogP contribution < -0.4 is 5.43 Å². The fourth-order valence-corrected chi connectivity index (χ4v) is 3.73. The van der Waals surface area contributed by atoms with Gasteiger partial charge in [-0.15, -0.1) is 0 Å². The molecule has 0 radical (unpaired) electrons. The number of hydrogen-bond acceptors (Lipinski definition) is 3. The number of hydrogen-bond donors (Lipinski definition) is 1. The van der Waals surface area contributed by atoms with E-state index >= 15 is 0 Å². The number of nitrogens with one attached hydrogen (secondary N) is 1. The van der Waals surface area contributed by atoms with Crippen molar-refractivity contribution >= 4 is 23.1 Å². The molecule has 4 rings (SSSR count). The number of aryl methyl sites for hydroxylation is 3. The molecule has 4 aromatic rings. The van der Waals surface area contributed by atoms with Gasteiger partial charge in [0.05, 0.1) is 11.9 Å². The number of nitrogens with zero attached hydrogens (tertiary/aromatic N) is 2. The van der Waals surface area contributed by atoms with Crippen molar-refractivity contribution < 1.29 is 9.21 Å². The molecule has 5 heteroatoms. The summed E-state index contributed by atoms with van der Waals surface area (Å²) in [7, 11) is 0. The third kappa shape index (κ3) is 3.47. The van der Waals surface area contributed by atoms with Gasteiger partial charge in [-0.2, -0.15) is 5.10 Å². The SMILES string of the molecule is Cc1cccc(C)c1-n1c(C)cc(/C=N/NC(=O)c2cc3ccccc3o2)c1C. The molecule has 0 aliphatic carbocycles. The Morgan fingerprint density at radius 3 is 2.45 bits per heavy atom. The van der Waals surface area contributed by atoms with Crippen LogP contribution in [0.15, 0.2) is 64.1 Å². The Morgan fingerprint density at radius 2 is 1.72 bits per heavy atom. The first-order valence-electron chi connectivity index (χ1n) is 9.53. The lowest BCUT2D eigenvalue weighted by molar-refractivity contribution is 0.0929. The lowest BCUT2D eigenvalue weighted by Crippen LogP contribution is -2.16. The van der Waals surface area contributed by atoms with E-state index in [0.29, 0.717) is 5.58 Å². The largest absolute Gasteiger partial charge is 0.451 e. The van der Waals surface area contributed by atoms with Crippen molar-refractivity contribution in [1.82, 2.24) is 9.99 Å². The molecule has 0 aliphatic heterocycles. The predicted molar refractivity (Wildman–Crippen MR) is 116 cm³/mol. The van der Waals surface area contributed by atoms with Crippen molar-refractivity contribution in [3.8, 4) is 5.69 Å². The number of furan rings is 1. The number of fused-ring (bicyclic) bond motifs is 1. The first-order chi connectivity index (χ1) is 14.0. The molecule has 5 nitrogen and oxygen atoms in total. The van der Waals surface area contributed by atoms with Gasteiger partial charge in [0.25, 0.3) is 0 Å². The predicted octanol–water partition coefficient (Wildman–Crippen LogP) is 5.22. The average molecular weight is 385 g/mol. The van der Waals surface area contributed by atoms with E-state index in [0.717, 1.165) is 22.3 Å². The van der Waals surface area contributed by atoms with Crippen LogP contribution in [-0.4, -0.2) is 16.7 Å². The summed E-state index contributed by atoms with van der Waals surface area (Å²) < 4.78 is 7.80. The number of carbonyl (C=O) groups is 1. The summed E-state index contributed by atoms with van der Waals surface area (Å²) in [5.74, 6) is -0.134. The number of carbonyl (C=O) groups excluding carboxylic acids is 1. The van der Waals surface area contributed by atoms with Crippen LogP contribution in [0.2, 0.25) is 0 Å². The Hall–Kier alpha value is -3.60. The summed E-state index contributed by atoms with van der Waals surface area (Å²) in [6.45, 7) is 8.36. The van der Waals surface area contributed by atoms with Gasteiger partial charge in [0.1, 0.15) is 5.58 Å². The third-order valence-electron chi connectivity index (χ3n) is 5.15. The van der Waals surface area contributed by atoms with Crippen LogP contribution in [0.1, 0.15) is 38.6 Å². The van der Waals surface area contributed by atoms with Crippen LogP contribution in [0.25, 0.3) is 16.7 Å². The van der Waals surface area contributed by atoms with Crippen LogP contribution in [0.5, 0.6) is 0 Å². The molecule has 0 saturated heterocycles. The molecule has 0 atom stereocenters. The van der Waals surface area contributed by atoms with E-state index in [-0.39, 0.29) is 11.7 Å². The van der Waals surface area contributed by atoms with Gasteiger partial charge in [-0.25, -0.2) is 5.43 Å². The Bertz CT molecular complexity index is 1190. The molecule has 29 heavy (non-hydrogen) atoms. The molecule has 0 aliphatic rings. The number of hydrazone groups is 1. The second kappa shape index (κ2) is 7.43. The molecule has 0 saturated carbocycles. The first-order valence-corrected chi connectivity index (χ1v) is 9.53. The summed E-state index contributed by atoms with van der Waals surface area (Å²) in [6, 6.07) is 17.6. The highest BCUT2D eigenvalue weighted by Gasteiger charge is 2.14. The van der Waals surface area contributed by atoms with Crippen molar-refractivity contribution in [3.63, 3.8) is 0 Å². The summed E-state index contributed by atoms with van der Waals surface area (Å²) in [4.78, 5) is 12.3. The highest BCUT2D eigenvalue weighted by molar-refractivity contribution is 5.96. The van der Waals surface area contributed by atoms with Crippen LogP contribution in [0.3, 0.4) is 0 Å². The number of aromatic nitrogens is 1. The van der Waals surface area contributed by atoms with E-state index in [9.17, 15) is 4.79 Å². The van der Waals surface area contributed by atoms with Crippen molar-refractivity contribution in [1.29, 1.82) is 0 Å². The highest BCUT2D eigenvalue weighted by Crippen LogP contribution is 2.25. The smallest absolute Gasteiger partial charge is 0.307 e. The fraction of sp³-hybridized carbons (Fsp3) is 0.167. The summed E-state index contributed by atoms with van der Waals surface area (Å²) in [6.07, 6.45) is 1.67. The fourth-order valence-electron chi connectivity index (χ4n) is 3.73. The molecule has 0 unspecified atom stereocenters. The Kier molecular flexibility index (Phi) is 4.80. The van der Waals surface area contributed by atoms with E-state index in [1.807, 2.05) is 24.3 Å². The molecule has 2 aromatic heterocycles. The van der Waals surface area contributed by atoms with Crippen molar-refractivity contribution in [2.24, 2.45) is 5.10 Å². The van der Waals surface area contributed by atoms with Gasteiger partial charge >= 0.3 is 5.91 Å². The normalized spacial score (nSPS) is 11.4. The monoisotopic (exact) mass is 385 g/mol.